The van der Waals surface area contributed by atoms with E-state index < -0.39 is 20.6 Å². The first-order valence-electron chi connectivity index (χ1n) is 7.57. The number of sulfonamides is 1. The van der Waals surface area contributed by atoms with E-state index >= 15 is 0 Å². The normalized spacial score (nSPS) is 21.2. The van der Waals surface area contributed by atoms with E-state index in [1.54, 1.807) is 0 Å². The molecule has 0 saturated heterocycles. The van der Waals surface area contributed by atoms with E-state index in [1.807, 2.05) is 0 Å². The summed E-state index contributed by atoms with van der Waals surface area (Å²) in [6.45, 7) is 0. The van der Waals surface area contributed by atoms with Crippen LogP contribution in [0.1, 0.15) is 25.7 Å². The maximum atomic E-state index is 12.2. The molecule has 1 aliphatic carbocycles. The monoisotopic (exact) mass is 388 g/mol. The summed E-state index contributed by atoms with van der Waals surface area (Å²) in [5.74, 6) is -0.486. The van der Waals surface area contributed by atoms with Crippen molar-refractivity contribution in [2.45, 2.75) is 30.6 Å². The van der Waals surface area contributed by atoms with Crippen molar-refractivity contribution in [3.05, 3.63) is 33.3 Å². The van der Waals surface area contributed by atoms with Gasteiger partial charge >= 0.3 is 5.97 Å². The van der Waals surface area contributed by atoms with Crippen molar-refractivity contribution in [2.24, 2.45) is 16.2 Å². The predicted molar refractivity (Wildman–Crippen MR) is 91.2 cm³/mol. The van der Waals surface area contributed by atoms with Crippen LogP contribution in [0, 0.1) is 22.0 Å². The van der Waals surface area contributed by atoms with Crippen LogP contribution in [0.25, 0.3) is 0 Å². The zero-order valence-electron chi connectivity index (χ0n) is 13.4. The van der Waals surface area contributed by atoms with Crippen LogP contribution in [0.3, 0.4) is 0 Å². The highest BCUT2D eigenvalue weighted by Gasteiger charge is 2.27. The van der Waals surface area contributed by atoms with Gasteiger partial charge in [0.05, 0.1) is 22.8 Å². The Bertz CT molecular complexity index is 800. The number of rotatable bonds is 5. The molecule has 1 aromatic rings. The van der Waals surface area contributed by atoms with Crippen molar-refractivity contribution in [3.8, 4) is 0 Å². The molecule has 136 valence electrons. The molecular formula is C15H17ClN2O6S. The van der Waals surface area contributed by atoms with E-state index in [0.29, 0.717) is 25.7 Å². The maximum absolute atomic E-state index is 12.2. The Morgan fingerprint density at radius 1 is 1.36 bits per heavy atom. The molecule has 0 unspecified atom stereocenters. The van der Waals surface area contributed by atoms with Gasteiger partial charge in [-0.3, -0.25) is 14.9 Å². The number of nitrogens with zero attached hydrogens (tertiary/aromatic N) is 2. The third-order valence-corrected chi connectivity index (χ3v) is 5.70. The van der Waals surface area contributed by atoms with Crippen molar-refractivity contribution in [3.63, 3.8) is 0 Å². The van der Waals surface area contributed by atoms with Gasteiger partial charge in [0.15, 0.2) is 0 Å². The van der Waals surface area contributed by atoms with Gasteiger partial charge in [0, 0.05) is 12.3 Å². The van der Waals surface area contributed by atoms with Crippen LogP contribution >= 0.6 is 11.6 Å². The molecule has 1 fully saturated rings. The highest BCUT2D eigenvalue weighted by molar-refractivity contribution is 7.90. The molecule has 25 heavy (non-hydrogen) atoms. The Kier molecular flexibility index (Phi) is 6.12. The first-order chi connectivity index (χ1) is 11.7. The highest BCUT2D eigenvalue weighted by Crippen LogP contribution is 2.30. The number of ether oxygens (including phenoxy) is 1. The van der Waals surface area contributed by atoms with Crippen LogP contribution in [0.2, 0.25) is 5.02 Å². The van der Waals surface area contributed by atoms with Gasteiger partial charge < -0.3 is 4.74 Å². The zero-order valence-corrected chi connectivity index (χ0v) is 15.0. The lowest BCUT2D eigenvalue weighted by Crippen LogP contribution is -2.23. The third-order valence-electron chi connectivity index (χ3n) is 4.13. The number of methoxy groups -OCH3 is 1. The number of benzene rings is 1. The minimum atomic E-state index is -4.05. The first-order valence-corrected chi connectivity index (χ1v) is 9.38. The quantitative estimate of drug-likeness (QED) is 0.331. The smallest absolute Gasteiger partial charge is 0.308 e. The largest absolute Gasteiger partial charge is 0.469 e. The van der Waals surface area contributed by atoms with E-state index in [-0.39, 0.29) is 27.7 Å². The predicted octanol–water partition coefficient (Wildman–Crippen LogP) is 2.99. The molecule has 0 radical (unpaired) electrons. The Morgan fingerprint density at radius 3 is 2.56 bits per heavy atom. The third kappa shape index (κ3) is 4.76. The van der Waals surface area contributed by atoms with Crippen molar-refractivity contribution in [2.75, 3.05) is 7.11 Å². The molecule has 0 aliphatic heterocycles. The fraction of sp³-hybridized carbons (Fsp3) is 0.467. The van der Waals surface area contributed by atoms with E-state index in [1.165, 1.54) is 19.4 Å². The lowest BCUT2D eigenvalue weighted by molar-refractivity contribution is -0.384. The number of carbonyl (C=O) groups excluding carboxylic acids is 1. The molecule has 10 heteroatoms. The second-order valence-corrected chi connectivity index (χ2v) is 7.77. The standard InChI is InChI=1S/C15H17ClN2O6S/c1-24-15(19)11-4-2-10(3-5-11)9-17-25(22,23)12-6-7-13(16)14(8-12)18(20)21/h6-11H,2-5H2,1H3. The molecule has 0 N–H and O–H groups in total. The molecule has 0 amide bonds. The van der Waals surface area contributed by atoms with Crippen LogP contribution < -0.4 is 0 Å². The van der Waals surface area contributed by atoms with Gasteiger partial charge in [-0.25, -0.2) is 0 Å². The SMILES string of the molecule is COC(=O)C1CCC(C=NS(=O)(=O)c2ccc(Cl)c([N+](=O)[O-])c2)CC1. The van der Waals surface area contributed by atoms with Gasteiger partial charge in [-0.2, -0.15) is 12.8 Å². The van der Waals surface area contributed by atoms with E-state index in [0.717, 1.165) is 12.1 Å². The number of carbonyl (C=O) groups is 1. The van der Waals surface area contributed by atoms with Crippen LogP contribution in [0.15, 0.2) is 27.5 Å². The second kappa shape index (κ2) is 7.92. The fourth-order valence-electron chi connectivity index (χ4n) is 2.69. The molecule has 0 bridgehead atoms. The van der Waals surface area contributed by atoms with Crippen molar-refractivity contribution in [1.29, 1.82) is 0 Å². The lowest BCUT2D eigenvalue weighted by atomic mass is 9.83. The molecule has 2 rings (SSSR count). The summed E-state index contributed by atoms with van der Waals surface area (Å²) in [5, 5.41) is 10.7. The summed E-state index contributed by atoms with van der Waals surface area (Å²) in [7, 11) is -2.71. The lowest BCUT2D eigenvalue weighted by Gasteiger charge is -2.24. The topological polar surface area (TPSA) is 116 Å². The molecule has 0 atom stereocenters. The number of nitro groups is 1. The van der Waals surface area contributed by atoms with Gasteiger partial charge in [0.25, 0.3) is 15.7 Å². The summed E-state index contributed by atoms with van der Waals surface area (Å²) in [5.41, 5.74) is -0.489. The van der Waals surface area contributed by atoms with Gasteiger partial charge in [0.2, 0.25) is 0 Å². The Labute approximate surface area is 150 Å². The molecule has 0 spiro atoms. The number of esters is 1. The van der Waals surface area contributed by atoms with Crippen molar-refractivity contribution < 1.29 is 22.9 Å². The number of hydrogen-bond donors (Lipinski definition) is 0. The number of hydrogen-bond acceptors (Lipinski definition) is 6. The average Bonchev–Trinajstić information content (AvgIpc) is 2.59. The van der Waals surface area contributed by atoms with E-state index in [2.05, 4.69) is 4.40 Å². The zero-order chi connectivity index (χ0) is 18.6. The minimum absolute atomic E-state index is 0.0713. The van der Waals surface area contributed by atoms with Crippen molar-refractivity contribution >= 4 is 39.5 Å². The second-order valence-electron chi connectivity index (χ2n) is 5.73. The Balaban J connectivity index is 2.09. The van der Waals surface area contributed by atoms with Crippen LogP contribution in [0.5, 0.6) is 0 Å². The van der Waals surface area contributed by atoms with Crippen molar-refractivity contribution in [1.82, 2.24) is 0 Å². The summed E-state index contributed by atoms with van der Waals surface area (Å²) < 4.78 is 32.8. The summed E-state index contributed by atoms with van der Waals surface area (Å²) in [6, 6.07) is 3.23. The molecule has 1 aliphatic rings. The fourth-order valence-corrected chi connectivity index (χ4v) is 3.83. The molecule has 0 heterocycles. The highest BCUT2D eigenvalue weighted by atomic mass is 35.5. The van der Waals surface area contributed by atoms with Gasteiger partial charge in [0.1, 0.15) is 5.02 Å². The van der Waals surface area contributed by atoms with Crippen LogP contribution in [0.4, 0.5) is 5.69 Å². The first kappa shape index (κ1) is 19.3. The molecule has 0 aromatic heterocycles. The maximum Gasteiger partial charge on any atom is 0.308 e. The van der Waals surface area contributed by atoms with Gasteiger partial charge in [-0.15, -0.1) is 0 Å². The van der Waals surface area contributed by atoms with Crippen LogP contribution in [-0.2, 0) is 19.6 Å². The summed E-state index contributed by atoms with van der Waals surface area (Å²) >= 11 is 5.68. The molecule has 8 nitrogen and oxygen atoms in total. The minimum Gasteiger partial charge on any atom is -0.469 e. The van der Waals surface area contributed by atoms with Gasteiger partial charge in [-0.05, 0) is 43.7 Å². The van der Waals surface area contributed by atoms with E-state index in [9.17, 15) is 23.3 Å². The number of nitro benzene ring substituents is 1. The summed E-state index contributed by atoms with van der Waals surface area (Å²) in [4.78, 5) is 21.3. The van der Waals surface area contributed by atoms with E-state index in [4.69, 9.17) is 16.3 Å². The average molecular weight is 389 g/mol. The molecule has 1 aromatic carbocycles. The number of halogens is 1. The molecule has 1 saturated carbocycles. The van der Waals surface area contributed by atoms with Gasteiger partial charge in [-0.1, -0.05) is 11.6 Å². The summed E-state index contributed by atoms with van der Waals surface area (Å²) in [6.07, 6.45) is 3.80. The Hall–Kier alpha value is -2.00. The molecular weight excluding hydrogens is 372 g/mol. The van der Waals surface area contributed by atoms with Crippen LogP contribution in [-0.4, -0.2) is 32.6 Å². The Morgan fingerprint density at radius 2 is 2.00 bits per heavy atom.